The molecule has 0 spiro atoms. The molecule has 5 nitrogen and oxygen atoms in total. The summed E-state index contributed by atoms with van der Waals surface area (Å²) in [6.07, 6.45) is 4.34. The molecular weight excluding hydrogens is 336 g/mol. The lowest BCUT2D eigenvalue weighted by Gasteiger charge is -2.16. The van der Waals surface area contributed by atoms with Crippen LogP contribution in [0.3, 0.4) is 0 Å². The molecule has 3 heterocycles. The molecule has 0 aromatic carbocycles. The number of pyridine rings is 1. The van der Waals surface area contributed by atoms with E-state index in [0.717, 1.165) is 52.2 Å². The Morgan fingerprint density at radius 1 is 1.04 bits per heavy atom. The van der Waals surface area contributed by atoms with Gasteiger partial charge in [-0.3, -0.25) is 0 Å². The summed E-state index contributed by atoms with van der Waals surface area (Å²) in [5.41, 5.74) is 6.71. The van der Waals surface area contributed by atoms with Crippen LogP contribution >= 0.6 is 0 Å². The van der Waals surface area contributed by atoms with Gasteiger partial charge in [0.15, 0.2) is 5.65 Å². The summed E-state index contributed by atoms with van der Waals surface area (Å²) in [7, 11) is 1.66. The minimum absolute atomic E-state index is 0.346. The smallest absolute Gasteiger partial charge is 0.222 e. The fourth-order valence-corrected chi connectivity index (χ4v) is 3.61. The minimum Gasteiger partial charge on any atom is -0.480 e. The second-order valence-electron chi connectivity index (χ2n) is 7.47. The third kappa shape index (κ3) is 3.43. The van der Waals surface area contributed by atoms with Crippen LogP contribution < -0.4 is 4.74 Å². The molecule has 0 fully saturated rings. The maximum absolute atomic E-state index is 5.58. The molecule has 27 heavy (non-hydrogen) atoms. The fourth-order valence-electron chi connectivity index (χ4n) is 3.61. The number of fused-ring (bicyclic) bond motifs is 1. The van der Waals surface area contributed by atoms with E-state index in [2.05, 4.69) is 62.5 Å². The first-order valence-electron chi connectivity index (χ1n) is 9.82. The Bertz CT molecular complexity index is 955. The Morgan fingerprint density at radius 2 is 1.74 bits per heavy atom. The third-order valence-electron chi connectivity index (χ3n) is 5.26. The van der Waals surface area contributed by atoms with Gasteiger partial charge in [-0.05, 0) is 50.3 Å². The molecule has 0 saturated heterocycles. The molecule has 0 unspecified atom stereocenters. The van der Waals surface area contributed by atoms with Gasteiger partial charge in [-0.15, -0.1) is 0 Å². The largest absolute Gasteiger partial charge is 0.480 e. The van der Waals surface area contributed by atoms with E-state index in [9.17, 15) is 0 Å². The summed E-state index contributed by atoms with van der Waals surface area (Å²) in [5, 5.41) is 0. The Labute approximate surface area is 161 Å². The van der Waals surface area contributed by atoms with Crippen LogP contribution in [0.15, 0.2) is 18.3 Å². The van der Waals surface area contributed by atoms with Crippen molar-refractivity contribution in [3.05, 3.63) is 35.3 Å². The monoisotopic (exact) mass is 366 g/mol. The highest BCUT2D eigenvalue weighted by Gasteiger charge is 2.19. The summed E-state index contributed by atoms with van der Waals surface area (Å²) in [4.78, 5) is 14.6. The number of nitrogens with zero attached hydrogens (tertiary/aromatic N) is 4. The molecule has 144 valence electrons. The molecule has 3 aromatic heterocycles. The number of aromatic nitrogens is 4. The number of methoxy groups -OCH3 is 1. The van der Waals surface area contributed by atoms with Crippen LogP contribution in [-0.4, -0.2) is 26.6 Å². The van der Waals surface area contributed by atoms with Crippen LogP contribution in [0.5, 0.6) is 5.88 Å². The molecule has 3 aromatic rings. The van der Waals surface area contributed by atoms with Crippen LogP contribution in [0.4, 0.5) is 0 Å². The van der Waals surface area contributed by atoms with Crippen molar-refractivity contribution in [2.24, 2.45) is 0 Å². The molecule has 5 heteroatoms. The summed E-state index contributed by atoms with van der Waals surface area (Å²) in [6.45, 7) is 12.8. The average Bonchev–Trinajstić information content (AvgIpc) is 2.97. The zero-order chi connectivity index (χ0) is 19.7. The molecule has 0 atom stereocenters. The molecule has 0 N–H and O–H groups in total. The number of hydrogen-bond acceptors (Lipinski definition) is 4. The van der Waals surface area contributed by atoms with Gasteiger partial charge in [-0.2, -0.15) is 0 Å². The molecular formula is C22H30N4O. The summed E-state index contributed by atoms with van der Waals surface area (Å²) >= 11 is 0. The van der Waals surface area contributed by atoms with Crippen molar-refractivity contribution >= 4 is 11.2 Å². The highest BCUT2D eigenvalue weighted by molar-refractivity contribution is 5.80. The molecule has 0 aliphatic carbocycles. The van der Waals surface area contributed by atoms with Crippen molar-refractivity contribution in [1.82, 2.24) is 19.5 Å². The van der Waals surface area contributed by atoms with E-state index in [1.54, 1.807) is 7.11 Å². The van der Waals surface area contributed by atoms with Gasteiger partial charge in [0.05, 0.1) is 24.1 Å². The SMILES string of the molecule is CCC(CC)n1cc(C)c2nc(-c3ccc(C(C)C)nc3OC)c(C)nc21. The zero-order valence-corrected chi connectivity index (χ0v) is 17.5. The Kier molecular flexibility index (Phi) is 5.49. The summed E-state index contributed by atoms with van der Waals surface area (Å²) in [6, 6.07) is 4.55. The van der Waals surface area contributed by atoms with Gasteiger partial charge >= 0.3 is 0 Å². The van der Waals surface area contributed by atoms with Gasteiger partial charge in [0.25, 0.3) is 0 Å². The number of hydrogen-bond donors (Lipinski definition) is 0. The van der Waals surface area contributed by atoms with Crippen LogP contribution in [0.1, 0.15) is 69.4 Å². The van der Waals surface area contributed by atoms with Crippen molar-refractivity contribution in [3.63, 3.8) is 0 Å². The molecule has 0 radical (unpaired) electrons. The van der Waals surface area contributed by atoms with Crippen molar-refractivity contribution < 1.29 is 4.74 Å². The number of rotatable bonds is 6. The van der Waals surface area contributed by atoms with E-state index in [4.69, 9.17) is 14.7 Å². The van der Waals surface area contributed by atoms with Crippen molar-refractivity contribution in [2.45, 2.75) is 66.3 Å². The van der Waals surface area contributed by atoms with E-state index < -0.39 is 0 Å². The standard InChI is InChI=1S/C22H30N4O/c1-8-16(9-2)26-12-14(5)19-21(26)23-15(6)20(25-19)17-10-11-18(13(3)4)24-22(17)27-7/h10-13,16H,8-9H2,1-7H3. The third-order valence-corrected chi connectivity index (χ3v) is 5.26. The first kappa shape index (κ1) is 19.3. The van der Waals surface area contributed by atoms with Gasteiger partial charge in [0.2, 0.25) is 5.88 Å². The van der Waals surface area contributed by atoms with Crippen LogP contribution in [-0.2, 0) is 0 Å². The summed E-state index contributed by atoms with van der Waals surface area (Å²) in [5.74, 6) is 0.953. The van der Waals surface area contributed by atoms with Crippen molar-refractivity contribution in [2.75, 3.05) is 7.11 Å². The first-order chi connectivity index (χ1) is 12.9. The Balaban J connectivity index is 2.20. The Hall–Kier alpha value is -2.43. The van der Waals surface area contributed by atoms with Crippen molar-refractivity contribution in [1.29, 1.82) is 0 Å². The predicted molar refractivity (Wildman–Crippen MR) is 110 cm³/mol. The van der Waals surface area contributed by atoms with Crippen LogP contribution in [0.25, 0.3) is 22.4 Å². The highest BCUT2D eigenvalue weighted by atomic mass is 16.5. The zero-order valence-electron chi connectivity index (χ0n) is 17.5. The lowest BCUT2D eigenvalue weighted by atomic mass is 10.1. The maximum atomic E-state index is 5.58. The minimum atomic E-state index is 0.346. The van der Waals surface area contributed by atoms with Gasteiger partial charge in [-0.25, -0.2) is 15.0 Å². The molecule has 3 rings (SSSR count). The predicted octanol–water partition coefficient (Wildman–Crippen LogP) is 5.60. The molecule has 0 aliphatic rings. The van der Waals surface area contributed by atoms with E-state index in [-0.39, 0.29) is 0 Å². The average molecular weight is 367 g/mol. The first-order valence-corrected chi connectivity index (χ1v) is 9.82. The second kappa shape index (κ2) is 7.67. The van der Waals surface area contributed by atoms with Crippen LogP contribution in [0.2, 0.25) is 0 Å². The Morgan fingerprint density at radius 3 is 2.33 bits per heavy atom. The normalized spacial score (nSPS) is 11.7. The van der Waals surface area contributed by atoms with E-state index in [0.29, 0.717) is 17.8 Å². The van der Waals surface area contributed by atoms with E-state index in [1.165, 1.54) is 0 Å². The molecule has 0 bridgehead atoms. The lowest BCUT2D eigenvalue weighted by molar-refractivity contribution is 0.397. The van der Waals surface area contributed by atoms with Gasteiger partial charge in [0.1, 0.15) is 5.52 Å². The summed E-state index contributed by atoms with van der Waals surface area (Å²) < 4.78 is 7.87. The molecule has 0 amide bonds. The fraction of sp³-hybridized carbons (Fsp3) is 0.500. The topological polar surface area (TPSA) is 52.8 Å². The quantitative estimate of drug-likeness (QED) is 0.569. The van der Waals surface area contributed by atoms with E-state index >= 15 is 0 Å². The number of aryl methyl sites for hydroxylation is 2. The molecule has 0 saturated carbocycles. The second-order valence-corrected chi connectivity index (χ2v) is 7.47. The van der Waals surface area contributed by atoms with Gasteiger partial charge in [0, 0.05) is 17.9 Å². The maximum Gasteiger partial charge on any atom is 0.222 e. The van der Waals surface area contributed by atoms with E-state index in [1.807, 2.05) is 6.92 Å². The lowest BCUT2D eigenvalue weighted by Crippen LogP contribution is -2.07. The highest BCUT2D eigenvalue weighted by Crippen LogP contribution is 2.33. The number of ether oxygens (including phenoxy) is 1. The van der Waals surface area contributed by atoms with Gasteiger partial charge < -0.3 is 9.30 Å². The van der Waals surface area contributed by atoms with Crippen molar-refractivity contribution in [3.8, 4) is 17.1 Å². The van der Waals surface area contributed by atoms with Gasteiger partial charge in [-0.1, -0.05) is 27.7 Å². The molecule has 0 aliphatic heterocycles. The van der Waals surface area contributed by atoms with Crippen LogP contribution in [0, 0.1) is 13.8 Å².